The van der Waals surface area contributed by atoms with Gasteiger partial charge in [-0.3, -0.25) is 4.79 Å². The summed E-state index contributed by atoms with van der Waals surface area (Å²) in [5.74, 6) is -1.62. The van der Waals surface area contributed by atoms with Crippen LogP contribution >= 0.6 is 11.6 Å². The van der Waals surface area contributed by atoms with E-state index >= 15 is 0 Å². The predicted octanol–water partition coefficient (Wildman–Crippen LogP) is 1.37. The number of aliphatic carboxylic acids is 1. The number of carboxylic acid groups (broad SMARTS) is 1. The molecule has 0 aliphatic rings. The van der Waals surface area contributed by atoms with Crippen LogP contribution in [0.15, 0.2) is 6.07 Å². The summed E-state index contributed by atoms with van der Waals surface area (Å²) in [5.41, 5.74) is -0.716. The van der Waals surface area contributed by atoms with Gasteiger partial charge in [0.2, 0.25) is 5.28 Å². The molecule has 0 fully saturated rings. The van der Waals surface area contributed by atoms with E-state index in [4.69, 9.17) is 16.7 Å². The van der Waals surface area contributed by atoms with Crippen molar-refractivity contribution in [2.75, 3.05) is 7.05 Å². The number of aryl methyl sites for hydroxylation is 1. The largest absolute Gasteiger partial charge is 0.480 e. The third kappa shape index (κ3) is 2.76. The van der Waals surface area contributed by atoms with E-state index in [9.17, 15) is 9.59 Å². The molecule has 0 bridgehead atoms. The molecule has 0 saturated heterocycles. The molecule has 1 heterocycles. The molecule has 1 rings (SSSR count). The van der Waals surface area contributed by atoms with Gasteiger partial charge in [-0.15, -0.1) is 0 Å². The van der Waals surface area contributed by atoms with Crippen LogP contribution in [0.1, 0.15) is 30.0 Å². The molecule has 0 saturated carbocycles. The number of aromatic nitrogens is 2. The van der Waals surface area contributed by atoms with Crippen LogP contribution in [-0.2, 0) is 4.79 Å². The Labute approximate surface area is 110 Å². The van der Waals surface area contributed by atoms with Crippen molar-refractivity contribution in [2.24, 2.45) is 0 Å². The second-order valence-electron chi connectivity index (χ2n) is 4.39. The summed E-state index contributed by atoms with van der Waals surface area (Å²) >= 11 is 5.67. The highest BCUT2D eigenvalue weighted by Gasteiger charge is 2.36. The molecule has 1 amide bonds. The molecule has 98 valence electrons. The third-order valence-corrected chi connectivity index (χ3v) is 2.88. The third-order valence-electron chi connectivity index (χ3n) is 2.71. The molecule has 0 aromatic carbocycles. The van der Waals surface area contributed by atoms with Gasteiger partial charge >= 0.3 is 5.97 Å². The first-order chi connectivity index (χ1) is 8.16. The first-order valence-electron chi connectivity index (χ1n) is 5.19. The zero-order valence-electron chi connectivity index (χ0n) is 10.6. The van der Waals surface area contributed by atoms with E-state index in [0.717, 1.165) is 4.90 Å². The van der Waals surface area contributed by atoms with Crippen LogP contribution in [0.2, 0.25) is 5.28 Å². The first-order valence-corrected chi connectivity index (χ1v) is 5.57. The van der Waals surface area contributed by atoms with Gasteiger partial charge in [0, 0.05) is 12.7 Å². The topological polar surface area (TPSA) is 83.4 Å². The van der Waals surface area contributed by atoms with Crippen molar-refractivity contribution in [3.63, 3.8) is 0 Å². The fourth-order valence-corrected chi connectivity index (χ4v) is 1.44. The molecule has 0 radical (unpaired) electrons. The Kier molecular flexibility index (Phi) is 3.91. The number of nitrogens with zero attached hydrogens (tertiary/aromatic N) is 3. The standard InChI is InChI=1S/C11H14ClN3O3/c1-6-5-7(14-10(12)13-6)8(16)15(4)11(2,3)9(17)18/h5H,1-4H3,(H,17,18). The van der Waals surface area contributed by atoms with Gasteiger partial charge < -0.3 is 10.0 Å². The molecule has 1 N–H and O–H groups in total. The second kappa shape index (κ2) is 4.89. The highest BCUT2D eigenvalue weighted by molar-refractivity contribution is 6.28. The average Bonchev–Trinajstić information content (AvgIpc) is 2.25. The molecule has 7 heteroatoms. The van der Waals surface area contributed by atoms with Gasteiger partial charge in [0.25, 0.3) is 5.91 Å². The fourth-order valence-electron chi connectivity index (χ4n) is 1.21. The van der Waals surface area contributed by atoms with E-state index in [1.54, 1.807) is 6.92 Å². The molecule has 0 unspecified atom stereocenters. The van der Waals surface area contributed by atoms with Gasteiger partial charge in [0.1, 0.15) is 11.2 Å². The minimum Gasteiger partial charge on any atom is -0.480 e. The lowest BCUT2D eigenvalue weighted by atomic mass is 10.0. The van der Waals surface area contributed by atoms with Crippen molar-refractivity contribution in [3.8, 4) is 0 Å². The number of rotatable bonds is 3. The monoisotopic (exact) mass is 271 g/mol. The van der Waals surface area contributed by atoms with Crippen molar-refractivity contribution in [2.45, 2.75) is 26.3 Å². The van der Waals surface area contributed by atoms with Gasteiger partial charge in [-0.1, -0.05) is 0 Å². The van der Waals surface area contributed by atoms with Crippen LogP contribution in [0.4, 0.5) is 0 Å². The fraction of sp³-hybridized carbons (Fsp3) is 0.455. The molecule has 0 spiro atoms. The maximum atomic E-state index is 12.1. The number of carbonyl (C=O) groups excluding carboxylic acids is 1. The molecule has 1 aromatic rings. The summed E-state index contributed by atoms with van der Waals surface area (Å²) in [7, 11) is 1.40. The molecular formula is C11H14ClN3O3. The van der Waals surface area contributed by atoms with Crippen LogP contribution < -0.4 is 0 Å². The molecule has 18 heavy (non-hydrogen) atoms. The van der Waals surface area contributed by atoms with Gasteiger partial charge in [-0.05, 0) is 38.4 Å². The van der Waals surface area contributed by atoms with E-state index in [1.165, 1.54) is 27.0 Å². The Morgan fingerprint density at radius 3 is 2.39 bits per heavy atom. The number of halogens is 1. The average molecular weight is 272 g/mol. The number of hydrogen-bond donors (Lipinski definition) is 1. The normalized spacial score (nSPS) is 11.2. The van der Waals surface area contributed by atoms with Gasteiger partial charge in [0.05, 0.1) is 0 Å². The molecule has 0 aliphatic carbocycles. The molecule has 6 nitrogen and oxygen atoms in total. The van der Waals surface area contributed by atoms with Crippen molar-refractivity contribution >= 4 is 23.5 Å². The van der Waals surface area contributed by atoms with Crippen molar-refractivity contribution in [1.82, 2.24) is 14.9 Å². The lowest BCUT2D eigenvalue weighted by Gasteiger charge is -2.31. The number of hydrogen-bond acceptors (Lipinski definition) is 4. The number of likely N-dealkylation sites (N-methyl/N-ethyl adjacent to an activating group) is 1. The Balaban J connectivity index is 3.11. The Morgan fingerprint density at radius 2 is 1.94 bits per heavy atom. The van der Waals surface area contributed by atoms with Crippen LogP contribution in [0.25, 0.3) is 0 Å². The highest BCUT2D eigenvalue weighted by atomic mass is 35.5. The maximum absolute atomic E-state index is 12.1. The summed E-state index contributed by atoms with van der Waals surface area (Å²) in [4.78, 5) is 31.9. The molecular weight excluding hydrogens is 258 g/mol. The Bertz CT molecular complexity index is 482. The summed E-state index contributed by atoms with van der Waals surface area (Å²) in [6, 6.07) is 1.46. The number of carboxylic acids is 1. The van der Waals surface area contributed by atoms with Crippen LogP contribution in [-0.4, -0.2) is 44.4 Å². The molecule has 1 aromatic heterocycles. The van der Waals surface area contributed by atoms with E-state index in [2.05, 4.69) is 9.97 Å². The zero-order chi connectivity index (χ0) is 14.1. The van der Waals surface area contributed by atoms with Crippen molar-refractivity contribution in [1.29, 1.82) is 0 Å². The number of amides is 1. The van der Waals surface area contributed by atoms with Gasteiger partial charge in [-0.25, -0.2) is 14.8 Å². The minimum atomic E-state index is -1.33. The van der Waals surface area contributed by atoms with Crippen LogP contribution in [0, 0.1) is 6.92 Å². The lowest BCUT2D eigenvalue weighted by molar-refractivity contribution is -0.147. The number of carbonyl (C=O) groups is 2. The van der Waals surface area contributed by atoms with Crippen molar-refractivity contribution < 1.29 is 14.7 Å². The van der Waals surface area contributed by atoms with E-state index < -0.39 is 17.4 Å². The second-order valence-corrected chi connectivity index (χ2v) is 4.73. The maximum Gasteiger partial charge on any atom is 0.329 e. The van der Waals surface area contributed by atoms with Crippen LogP contribution in [0.5, 0.6) is 0 Å². The van der Waals surface area contributed by atoms with Crippen molar-refractivity contribution in [3.05, 3.63) is 22.7 Å². The van der Waals surface area contributed by atoms with Gasteiger partial charge in [0.15, 0.2) is 0 Å². The predicted molar refractivity (Wildman–Crippen MR) is 65.6 cm³/mol. The SMILES string of the molecule is Cc1cc(C(=O)N(C)C(C)(C)C(=O)O)nc(Cl)n1. The smallest absolute Gasteiger partial charge is 0.329 e. The summed E-state index contributed by atoms with van der Waals surface area (Å²) in [6.45, 7) is 4.54. The lowest BCUT2D eigenvalue weighted by Crippen LogP contribution is -2.51. The Hall–Kier alpha value is -1.69. The van der Waals surface area contributed by atoms with E-state index in [-0.39, 0.29) is 11.0 Å². The molecule has 0 aliphatic heterocycles. The summed E-state index contributed by atoms with van der Waals surface area (Å²) in [6.07, 6.45) is 0. The molecule has 0 atom stereocenters. The summed E-state index contributed by atoms with van der Waals surface area (Å²) < 4.78 is 0. The minimum absolute atomic E-state index is 0.0418. The van der Waals surface area contributed by atoms with Crippen LogP contribution in [0.3, 0.4) is 0 Å². The highest BCUT2D eigenvalue weighted by Crippen LogP contribution is 2.16. The van der Waals surface area contributed by atoms with E-state index in [1.807, 2.05) is 0 Å². The Morgan fingerprint density at radius 1 is 1.39 bits per heavy atom. The van der Waals surface area contributed by atoms with Gasteiger partial charge in [-0.2, -0.15) is 0 Å². The summed E-state index contributed by atoms with van der Waals surface area (Å²) in [5, 5.41) is 9.02. The zero-order valence-corrected chi connectivity index (χ0v) is 11.3. The first kappa shape index (κ1) is 14.4. The van der Waals surface area contributed by atoms with E-state index in [0.29, 0.717) is 5.69 Å². The quantitative estimate of drug-likeness (QED) is 0.840.